The smallest absolute Gasteiger partial charge is 0.356 e. The van der Waals surface area contributed by atoms with E-state index in [2.05, 4.69) is 40.5 Å². The van der Waals surface area contributed by atoms with Crippen molar-refractivity contribution in [1.29, 1.82) is 0 Å². The van der Waals surface area contributed by atoms with Gasteiger partial charge < -0.3 is 5.11 Å². The Hall–Kier alpha value is -1.80. The number of aromatic nitrogens is 4. The molecule has 0 amide bonds. The molecule has 1 aliphatic rings. The summed E-state index contributed by atoms with van der Waals surface area (Å²) in [6.45, 7) is 7.79. The van der Waals surface area contributed by atoms with Crippen LogP contribution in [0.1, 0.15) is 52.6 Å². The fourth-order valence-electron chi connectivity index (χ4n) is 3.47. The van der Waals surface area contributed by atoms with Gasteiger partial charge in [-0.1, -0.05) is 18.3 Å². The quantitative estimate of drug-likeness (QED) is 0.848. The van der Waals surface area contributed by atoms with Crippen LogP contribution in [0.2, 0.25) is 0 Å². The molecular weight excluding hydrogens is 338 g/mol. The molecule has 8 heteroatoms. The lowest BCUT2D eigenvalue weighted by atomic mass is 9.90. The summed E-state index contributed by atoms with van der Waals surface area (Å²) in [6.07, 6.45) is 2.62. The third kappa shape index (κ3) is 3.74. The minimum atomic E-state index is -0.926. The van der Waals surface area contributed by atoms with Gasteiger partial charge in [-0.2, -0.15) is 5.10 Å². The highest BCUT2D eigenvalue weighted by molar-refractivity contribution is 7.05. The largest absolute Gasteiger partial charge is 0.476 e. The van der Waals surface area contributed by atoms with Crippen LogP contribution in [0.15, 0.2) is 0 Å². The molecule has 1 unspecified atom stereocenters. The average molecular weight is 363 g/mol. The molecule has 3 rings (SSSR count). The van der Waals surface area contributed by atoms with Crippen molar-refractivity contribution in [1.82, 2.24) is 24.3 Å². The van der Waals surface area contributed by atoms with E-state index in [1.54, 1.807) is 0 Å². The molecule has 136 valence electrons. The number of rotatable bonds is 6. The van der Waals surface area contributed by atoms with Gasteiger partial charge in [0, 0.05) is 30.4 Å². The molecule has 2 aromatic heterocycles. The monoisotopic (exact) mass is 363 g/mol. The maximum absolute atomic E-state index is 11.6. The Morgan fingerprint density at radius 2 is 2.24 bits per heavy atom. The number of carbonyl (C=O) groups is 1. The highest BCUT2D eigenvalue weighted by Gasteiger charge is 2.31. The third-order valence-electron chi connectivity index (χ3n) is 4.82. The first-order valence-electron chi connectivity index (χ1n) is 8.66. The third-order valence-corrected chi connectivity index (χ3v) is 5.63. The van der Waals surface area contributed by atoms with Gasteiger partial charge in [-0.3, -0.25) is 9.58 Å². The number of nitrogens with zero attached hydrogens (tertiary/aromatic N) is 5. The minimum absolute atomic E-state index is 0.226. The van der Waals surface area contributed by atoms with Crippen LogP contribution in [-0.2, 0) is 25.9 Å². The molecule has 1 atom stereocenters. The standard InChI is InChI=1S/C17H25N5O2S/c1-10(2)8-22-14-6-5-12(7-13(14)16(19-22)17(23)24)21(4)9-15-11(3)18-20-25-15/h10,12H,5-9H2,1-4H3,(H,23,24). The molecule has 0 bridgehead atoms. The lowest BCUT2D eigenvalue weighted by molar-refractivity contribution is 0.0687. The second-order valence-corrected chi connectivity index (χ2v) is 8.09. The molecule has 0 saturated carbocycles. The summed E-state index contributed by atoms with van der Waals surface area (Å²) in [5, 5.41) is 18.0. The lowest BCUT2D eigenvalue weighted by Crippen LogP contribution is -2.36. The number of hydrogen-bond donors (Lipinski definition) is 1. The molecule has 1 N–H and O–H groups in total. The Bertz CT molecular complexity index is 767. The number of aromatic carboxylic acids is 1. The predicted octanol–water partition coefficient (Wildman–Crippen LogP) is 2.39. The van der Waals surface area contributed by atoms with Gasteiger partial charge >= 0.3 is 5.97 Å². The zero-order valence-corrected chi connectivity index (χ0v) is 16.0. The second-order valence-electron chi connectivity index (χ2n) is 7.25. The van der Waals surface area contributed by atoms with E-state index in [0.29, 0.717) is 12.0 Å². The maximum atomic E-state index is 11.6. The van der Waals surface area contributed by atoms with Crippen LogP contribution in [0, 0.1) is 12.8 Å². The number of likely N-dealkylation sites (N-methyl/N-ethyl adjacent to an activating group) is 1. The molecule has 0 radical (unpaired) electrons. The number of carboxylic acids is 1. The van der Waals surface area contributed by atoms with Gasteiger partial charge in [0.1, 0.15) is 0 Å². The van der Waals surface area contributed by atoms with Gasteiger partial charge in [0.05, 0.1) is 10.6 Å². The van der Waals surface area contributed by atoms with Crippen molar-refractivity contribution in [2.75, 3.05) is 7.05 Å². The molecular formula is C17H25N5O2S. The average Bonchev–Trinajstić information content (AvgIpc) is 3.11. The fraction of sp³-hybridized carbons (Fsp3) is 0.647. The highest BCUT2D eigenvalue weighted by Crippen LogP contribution is 2.29. The minimum Gasteiger partial charge on any atom is -0.476 e. The van der Waals surface area contributed by atoms with Gasteiger partial charge in [0.2, 0.25) is 0 Å². The second kappa shape index (κ2) is 7.21. The number of fused-ring (bicyclic) bond motifs is 1. The molecule has 0 aliphatic heterocycles. The van der Waals surface area contributed by atoms with Crippen molar-refractivity contribution in [3.63, 3.8) is 0 Å². The Balaban J connectivity index is 1.81. The predicted molar refractivity (Wildman–Crippen MR) is 96.0 cm³/mol. The van der Waals surface area contributed by atoms with E-state index >= 15 is 0 Å². The van der Waals surface area contributed by atoms with Crippen LogP contribution in [0.5, 0.6) is 0 Å². The molecule has 2 heterocycles. The Morgan fingerprint density at radius 3 is 2.84 bits per heavy atom. The molecule has 25 heavy (non-hydrogen) atoms. The van der Waals surface area contributed by atoms with Crippen molar-refractivity contribution in [3.05, 3.63) is 27.5 Å². The first kappa shape index (κ1) is 18.0. The molecule has 0 spiro atoms. The van der Waals surface area contributed by atoms with Crippen molar-refractivity contribution in [3.8, 4) is 0 Å². The van der Waals surface area contributed by atoms with E-state index in [0.717, 1.165) is 49.3 Å². The van der Waals surface area contributed by atoms with Gasteiger partial charge in [-0.05, 0) is 50.7 Å². The number of hydrogen-bond acceptors (Lipinski definition) is 6. The molecule has 0 fully saturated rings. The zero-order chi connectivity index (χ0) is 18.1. The summed E-state index contributed by atoms with van der Waals surface area (Å²) in [6, 6.07) is 0.309. The van der Waals surface area contributed by atoms with Crippen molar-refractivity contribution >= 4 is 17.5 Å². The van der Waals surface area contributed by atoms with E-state index in [9.17, 15) is 9.90 Å². The van der Waals surface area contributed by atoms with Crippen LogP contribution in [0.4, 0.5) is 0 Å². The molecule has 0 aromatic carbocycles. The van der Waals surface area contributed by atoms with E-state index in [1.807, 2.05) is 11.6 Å². The first-order chi connectivity index (χ1) is 11.9. The molecule has 7 nitrogen and oxygen atoms in total. The van der Waals surface area contributed by atoms with E-state index in [-0.39, 0.29) is 5.69 Å². The van der Waals surface area contributed by atoms with Crippen LogP contribution >= 0.6 is 11.5 Å². The number of aryl methyl sites for hydroxylation is 1. The van der Waals surface area contributed by atoms with Gasteiger partial charge in [-0.25, -0.2) is 4.79 Å². The topological polar surface area (TPSA) is 84.1 Å². The summed E-state index contributed by atoms with van der Waals surface area (Å²) in [4.78, 5) is 15.1. The Morgan fingerprint density at radius 1 is 1.48 bits per heavy atom. The summed E-state index contributed by atoms with van der Waals surface area (Å²) in [5.41, 5.74) is 3.22. The van der Waals surface area contributed by atoms with Gasteiger partial charge in [-0.15, -0.1) is 5.10 Å². The van der Waals surface area contributed by atoms with Crippen LogP contribution in [0.3, 0.4) is 0 Å². The summed E-state index contributed by atoms with van der Waals surface area (Å²) >= 11 is 1.43. The van der Waals surface area contributed by atoms with Crippen molar-refractivity contribution in [2.24, 2.45) is 5.92 Å². The van der Waals surface area contributed by atoms with E-state index in [4.69, 9.17) is 0 Å². The van der Waals surface area contributed by atoms with Crippen molar-refractivity contribution < 1.29 is 9.90 Å². The summed E-state index contributed by atoms with van der Waals surface area (Å²) in [5.74, 6) is -0.489. The van der Waals surface area contributed by atoms with Crippen LogP contribution in [-0.4, -0.2) is 48.4 Å². The summed E-state index contributed by atoms with van der Waals surface area (Å²) < 4.78 is 5.91. The highest BCUT2D eigenvalue weighted by atomic mass is 32.1. The Labute approximate surface area is 151 Å². The van der Waals surface area contributed by atoms with Gasteiger partial charge in [0.15, 0.2) is 5.69 Å². The molecule has 0 saturated heterocycles. The Kier molecular flexibility index (Phi) is 5.19. The van der Waals surface area contributed by atoms with E-state index < -0.39 is 5.97 Å². The zero-order valence-electron chi connectivity index (χ0n) is 15.2. The van der Waals surface area contributed by atoms with Crippen LogP contribution < -0.4 is 0 Å². The fourth-order valence-corrected chi connectivity index (χ4v) is 4.16. The first-order valence-corrected chi connectivity index (χ1v) is 9.44. The summed E-state index contributed by atoms with van der Waals surface area (Å²) in [7, 11) is 2.09. The SMILES string of the molecule is Cc1nnsc1CN(C)C1CCc2c(c(C(=O)O)nn2CC(C)C)C1. The molecule has 2 aromatic rings. The molecule has 1 aliphatic carbocycles. The van der Waals surface area contributed by atoms with Crippen molar-refractivity contribution in [2.45, 2.75) is 59.2 Å². The maximum Gasteiger partial charge on any atom is 0.356 e. The van der Waals surface area contributed by atoms with Gasteiger partial charge in [0.25, 0.3) is 0 Å². The van der Waals surface area contributed by atoms with Crippen LogP contribution in [0.25, 0.3) is 0 Å². The normalized spacial score (nSPS) is 17.3. The number of carboxylic acid groups (broad SMARTS) is 1. The van der Waals surface area contributed by atoms with E-state index in [1.165, 1.54) is 16.4 Å². The lowest BCUT2D eigenvalue weighted by Gasteiger charge is -2.31.